The topological polar surface area (TPSA) is 86.2 Å². The molecule has 1 aromatic carbocycles. The molecule has 1 heterocycles. The highest BCUT2D eigenvalue weighted by Crippen LogP contribution is 2.30. The van der Waals surface area contributed by atoms with E-state index in [2.05, 4.69) is 9.68 Å². The Balaban J connectivity index is 2.57. The van der Waals surface area contributed by atoms with Crippen LogP contribution in [0.25, 0.3) is 11.3 Å². The summed E-state index contributed by atoms with van der Waals surface area (Å²) in [6, 6.07) is 4.14. The standard InChI is InChI=1S/C10H5ClN2O4/c11-8-2-1-6(3-9(8)13(15)16)10-7(4-14)5-17-12-10/h1-5H. The highest BCUT2D eigenvalue weighted by molar-refractivity contribution is 6.32. The fourth-order valence-corrected chi connectivity index (χ4v) is 1.53. The molecule has 17 heavy (non-hydrogen) atoms. The molecule has 0 bridgehead atoms. The second kappa shape index (κ2) is 4.34. The zero-order valence-electron chi connectivity index (χ0n) is 8.29. The molecule has 0 spiro atoms. The summed E-state index contributed by atoms with van der Waals surface area (Å²) < 4.78 is 4.64. The van der Waals surface area contributed by atoms with Crippen LogP contribution in [0.5, 0.6) is 0 Å². The molecule has 0 aliphatic carbocycles. The summed E-state index contributed by atoms with van der Waals surface area (Å²) >= 11 is 5.67. The maximum Gasteiger partial charge on any atom is 0.288 e. The highest BCUT2D eigenvalue weighted by Gasteiger charge is 2.16. The molecule has 2 rings (SSSR count). The molecule has 1 aromatic heterocycles. The quantitative estimate of drug-likeness (QED) is 0.476. The largest absolute Gasteiger partial charge is 0.363 e. The number of nitro benzene ring substituents is 1. The van der Waals surface area contributed by atoms with Crippen molar-refractivity contribution in [2.24, 2.45) is 0 Å². The molecule has 6 nitrogen and oxygen atoms in total. The molecule has 0 saturated heterocycles. The minimum atomic E-state index is -0.605. The molecular formula is C10H5ClN2O4. The molecule has 2 aromatic rings. The van der Waals surface area contributed by atoms with Gasteiger partial charge in [0.25, 0.3) is 5.69 Å². The van der Waals surface area contributed by atoms with Gasteiger partial charge < -0.3 is 4.52 Å². The lowest BCUT2D eigenvalue weighted by Crippen LogP contribution is -1.91. The van der Waals surface area contributed by atoms with Crippen LogP contribution < -0.4 is 0 Å². The molecule has 0 radical (unpaired) electrons. The summed E-state index contributed by atoms with van der Waals surface area (Å²) in [5, 5.41) is 14.3. The van der Waals surface area contributed by atoms with Crippen molar-refractivity contribution in [2.75, 3.05) is 0 Å². The van der Waals surface area contributed by atoms with Crippen molar-refractivity contribution in [3.8, 4) is 11.3 Å². The van der Waals surface area contributed by atoms with E-state index >= 15 is 0 Å². The fourth-order valence-electron chi connectivity index (χ4n) is 1.35. The van der Waals surface area contributed by atoms with Crippen LogP contribution in [-0.4, -0.2) is 16.4 Å². The number of rotatable bonds is 3. The summed E-state index contributed by atoms with van der Waals surface area (Å²) in [5.41, 5.74) is 0.627. The van der Waals surface area contributed by atoms with Crippen LogP contribution in [0, 0.1) is 10.1 Å². The number of aromatic nitrogens is 1. The third-order valence-corrected chi connectivity index (χ3v) is 2.46. The van der Waals surface area contributed by atoms with Gasteiger partial charge in [-0.15, -0.1) is 0 Å². The van der Waals surface area contributed by atoms with E-state index in [1.54, 1.807) is 0 Å². The zero-order valence-corrected chi connectivity index (χ0v) is 9.05. The van der Waals surface area contributed by atoms with E-state index < -0.39 is 4.92 Å². The first kappa shape index (κ1) is 11.3. The van der Waals surface area contributed by atoms with Gasteiger partial charge in [-0.25, -0.2) is 0 Å². The van der Waals surface area contributed by atoms with E-state index in [1.165, 1.54) is 24.5 Å². The van der Waals surface area contributed by atoms with Gasteiger partial charge >= 0.3 is 0 Å². The van der Waals surface area contributed by atoms with Crippen LogP contribution in [0.4, 0.5) is 5.69 Å². The van der Waals surface area contributed by atoms with Crippen LogP contribution in [0.3, 0.4) is 0 Å². The van der Waals surface area contributed by atoms with Crippen LogP contribution in [0.1, 0.15) is 10.4 Å². The van der Waals surface area contributed by atoms with Crippen molar-refractivity contribution in [3.63, 3.8) is 0 Å². The number of carbonyl (C=O) groups is 1. The second-order valence-electron chi connectivity index (χ2n) is 3.16. The first-order valence-electron chi connectivity index (χ1n) is 4.47. The van der Waals surface area contributed by atoms with Crippen molar-refractivity contribution in [1.29, 1.82) is 0 Å². The van der Waals surface area contributed by atoms with Gasteiger partial charge in [-0.2, -0.15) is 0 Å². The van der Waals surface area contributed by atoms with E-state index in [0.717, 1.165) is 0 Å². The Bertz CT molecular complexity index is 594. The maximum absolute atomic E-state index is 10.7. The van der Waals surface area contributed by atoms with E-state index in [1.807, 2.05) is 0 Å². The molecule has 0 amide bonds. The van der Waals surface area contributed by atoms with Crippen molar-refractivity contribution < 1.29 is 14.2 Å². The molecular weight excluding hydrogens is 248 g/mol. The molecule has 0 aliphatic heterocycles. The minimum absolute atomic E-state index is 0.0231. The summed E-state index contributed by atoms with van der Waals surface area (Å²) in [5.74, 6) is 0. The lowest BCUT2D eigenvalue weighted by Gasteiger charge is -1.99. The molecule has 0 aliphatic rings. The van der Waals surface area contributed by atoms with Crippen LogP contribution >= 0.6 is 11.6 Å². The minimum Gasteiger partial charge on any atom is -0.363 e. The molecule has 0 fully saturated rings. The van der Waals surface area contributed by atoms with Gasteiger partial charge in [-0.05, 0) is 6.07 Å². The average Bonchev–Trinajstić information content (AvgIpc) is 2.77. The number of benzene rings is 1. The Morgan fingerprint density at radius 3 is 2.88 bits per heavy atom. The Labute approximate surface area is 99.9 Å². The Morgan fingerprint density at radius 2 is 2.24 bits per heavy atom. The van der Waals surface area contributed by atoms with Gasteiger partial charge in [0.05, 0.1) is 10.5 Å². The van der Waals surface area contributed by atoms with Gasteiger partial charge in [0.15, 0.2) is 6.29 Å². The first-order chi connectivity index (χ1) is 8.13. The van der Waals surface area contributed by atoms with Gasteiger partial charge in [-0.1, -0.05) is 22.8 Å². The van der Waals surface area contributed by atoms with E-state index in [4.69, 9.17) is 11.6 Å². The first-order valence-corrected chi connectivity index (χ1v) is 4.85. The van der Waals surface area contributed by atoms with Crippen molar-refractivity contribution >= 4 is 23.6 Å². The number of hydrogen-bond acceptors (Lipinski definition) is 5. The van der Waals surface area contributed by atoms with E-state index in [9.17, 15) is 14.9 Å². The van der Waals surface area contributed by atoms with Crippen LogP contribution in [0.2, 0.25) is 5.02 Å². The molecule has 0 saturated carbocycles. The lowest BCUT2D eigenvalue weighted by atomic mass is 10.1. The summed E-state index contributed by atoms with van der Waals surface area (Å²) in [6.45, 7) is 0. The van der Waals surface area contributed by atoms with Crippen LogP contribution in [-0.2, 0) is 0 Å². The van der Waals surface area contributed by atoms with Crippen molar-refractivity contribution in [1.82, 2.24) is 5.16 Å². The number of nitrogens with zero attached hydrogens (tertiary/aromatic N) is 2. The predicted molar refractivity (Wildman–Crippen MR) is 59.0 cm³/mol. The zero-order chi connectivity index (χ0) is 12.4. The fraction of sp³-hybridized carbons (Fsp3) is 0. The van der Waals surface area contributed by atoms with E-state index in [-0.39, 0.29) is 22.0 Å². The van der Waals surface area contributed by atoms with Crippen LogP contribution in [0.15, 0.2) is 29.0 Å². The van der Waals surface area contributed by atoms with Gasteiger partial charge in [0, 0.05) is 11.6 Å². The summed E-state index contributed by atoms with van der Waals surface area (Å²) in [4.78, 5) is 20.8. The molecule has 7 heteroatoms. The number of carbonyl (C=O) groups excluding carboxylic acids is 1. The number of hydrogen-bond donors (Lipinski definition) is 0. The highest BCUT2D eigenvalue weighted by atomic mass is 35.5. The number of halogens is 1. The molecule has 0 unspecified atom stereocenters. The normalized spacial score (nSPS) is 10.2. The third kappa shape index (κ3) is 2.02. The number of nitro groups is 1. The monoisotopic (exact) mass is 252 g/mol. The predicted octanol–water partition coefficient (Wildman–Crippen LogP) is 2.72. The third-order valence-electron chi connectivity index (χ3n) is 2.14. The average molecular weight is 253 g/mol. The van der Waals surface area contributed by atoms with Gasteiger partial charge in [0.2, 0.25) is 0 Å². The molecule has 86 valence electrons. The van der Waals surface area contributed by atoms with Gasteiger partial charge in [0.1, 0.15) is 17.0 Å². The summed E-state index contributed by atoms with van der Waals surface area (Å²) in [7, 11) is 0. The Morgan fingerprint density at radius 1 is 1.47 bits per heavy atom. The summed E-state index contributed by atoms with van der Waals surface area (Å²) in [6.07, 6.45) is 1.73. The van der Waals surface area contributed by atoms with Crippen molar-refractivity contribution in [3.05, 3.63) is 45.2 Å². The van der Waals surface area contributed by atoms with E-state index in [0.29, 0.717) is 11.8 Å². The molecule has 0 N–H and O–H groups in total. The lowest BCUT2D eigenvalue weighted by molar-refractivity contribution is -0.384. The Hall–Kier alpha value is -2.21. The SMILES string of the molecule is O=Cc1conc1-c1ccc(Cl)c([N+](=O)[O-])c1. The number of aldehydes is 1. The van der Waals surface area contributed by atoms with Gasteiger partial charge in [-0.3, -0.25) is 14.9 Å². The Kier molecular flexibility index (Phi) is 2.88. The molecule has 0 atom stereocenters. The maximum atomic E-state index is 10.7. The smallest absolute Gasteiger partial charge is 0.288 e. The van der Waals surface area contributed by atoms with Crippen molar-refractivity contribution in [2.45, 2.75) is 0 Å². The second-order valence-corrected chi connectivity index (χ2v) is 3.57.